The molecular weight excluding hydrogens is 412 g/mol. The molecule has 0 bridgehead atoms. The molecule has 4 N–H and O–H groups in total. The number of nitrogens with zero attached hydrogens (tertiary/aromatic N) is 3. The van der Waals surface area contributed by atoms with Crippen molar-refractivity contribution in [3.05, 3.63) is 65.2 Å². The molecule has 31 heavy (non-hydrogen) atoms. The molecule has 0 aliphatic rings. The number of aryl methyl sites for hydroxylation is 1. The van der Waals surface area contributed by atoms with Gasteiger partial charge in [0.2, 0.25) is 11.1 Å². The zero-order valence-corrected chi connectivity index (χ0v) is 18.8. The average Bonchev–Trinajstić information content (AvgIpc) is 3.10. The Kier molecular flexibility index (Phi) is 6.65. The quantitative estimate of drug-likeness (QED) is 0.321. The highest BCUT2D eigenvalue weighted by atomic mass is 32.2. The Morgan fingerprint density at radius 2 is 1.65 bits per heavy atom. The van der Waals surface area contributed by atoms with Crippen LogP contribution in [0.4, 0.5) is 0 Å². The van der Waals surface area contributed by atoms with Crippen molar-refractivity contribution >= 4 is 23.6 Å². The first kappa shape index (κ1) is 22.4. The third-order valence-corrected chi connectivity index (χ3v) is 5.58. The minimum atomic E-state index is -0.388. The third-order valence-electron chi connectivity index (χ3n) is 4.64. The molecule has 8 nitrogen and oxygen atoms in total. The molecule has 0 saturated carbocycles. The van der Waals surface area contributed by atoms with Gasteiger partial charge in [-0.3, -0.25) is 20.4 Å². The van der Waals surface area contributed by atoms with Crippen LogP contribution >= 0.6 is 11.8 Å². The topological polar surface area (TPSA) is 115 Å². The number of hydrogen-bond acceptors (Lipinski definition) is 6. The summed E-state index contributed by atoms with van der Waals surface area (Å²) in [6.45, 7) is 8.38. The molecule has 0 fully saturated rings. The average molecular weight is 439 g/mol. The molecule has 3 rings (SSSR count). The van der Waals surface area contributed by atoms with E-state index in [0.29, 0.717) is 16.5 Å². The molecule has 2 aromatic carbocycles. The van der Waals surface area contributed by atoms with Crippen LogP contribution in [0.15, 0.2) is 53.7 Å². The van der Waals surface area contributed by atoms with E-state index in [9.17, 15) is 9.59 Å². The Balaban J connectivity index is 1.55. The number of nitrogens with one attached hydrogen (secondary N) is 2. The summed E-state index contributed by atoms with van der Waals surface area (Å²) in [4.78, 5) is 24.1. The van der Waals surface area contributed by atoms with Gasteiger partial charge < -0.3 is 5.84 Å². The second kappa shape index (κ2) is 9.22. The lowest BCUT2D eigenvalue weighted by molar-refractivity contribution is -0.119. The number of thioether (sulfide) groups is 1. The molecule has 162 valence electrons. The highest BCUT2D eigenvalue weighted by Gasteiger charge is 2.17. The number of rotatable bonds is 5. The Morgan fingerprint density at radius 1 is 1.00 bits per heavy atom. The number of nitrogens with two attached hydrogens (primary N) is 1. The van der Waals surface area contributed by atoms with E-state index in [1.807, 2.05) is 43.3 Å². The highest BCUT2D eigenvalue weighted by molar-refractivity contribution is 7.99. The smallest absolute Gasteiger partial charge is 0.269 e. The monoisotopic (exact) mass is 438 g/mol. The first-order valence-corrected chi connectivity index (χ1v) is 10.7. The highest BCUT2D eigenvalue weighted by Crippen LogP contribution is 2.26. The Bertz CT molecular complexity index is 1070. The molecule has 0 saturated heterocycles. The molecule has 1 heterocycles. The fourth-order valence-electron chi connectivity index (χ4n) is 2.76. The molecule has 0 radical (unpaired) electrons. The van der Waals surface area contributed by atoms with Crippen LogP contribution in [-0.2, 0) is 10.2 Å². The number of amides is 2. The maximum absolute atomic E-state index is 12.1. The number of hydrazine groups is 1. The summed E-state index contributed by atoms with van der Waals surface area (Å²) < 4.78 is 1.36. The number of carbonyl (C=O) groups is 2. The minimum absolute atomic E-state index is 0.0203. The molecular formula is C22H26N6O2S. The van der Waals surface area contributed by atoms with Gasteiger partial charge in [0.05, 0.1) is 5.75 Å². The standard InChI is InChI=1S/C22H26N6O2S/c1-14-5-7-16(8-6-14)20(30)26-24-18(29)13-31-21-27-25-19(28(21)23)15-9-11-17(12-10-15)22(2,3)4/h5-12H,13,23H2,1-4H3,(H,24,29)(H,26,30). The molecule has 3 aromatic rings. The maximum atomic E-state index is 12.1. The van der Waals surface area contributed by atoms with Crippen LogP contribution in [0.25, 0.3) is 11.4 Å². The van der Waals surface area contributed by atoms with E-state index in [1.165, 1.54) is 10.2 Å². The van der Waals surface area contributed by atoms with Crippen LogP contribution in [0.1, 0.15) is 42.3 Å². The lowest BCUT2D eigenvalue weighted by Gasteiger charge is -2.19. The summed E-state index contributed by atoms with van der Waals surface area (Å²) in [7, 11) is 0. The van der Waals surface area contributed by atoms with Crippen molar-refractivity contribution in [3.63, 3.8) is 0 Å². The molecule has 0 spiro atoms. The fourth-order valence-corrected chi connectivity index (χ4v) is 3.42. The first-order valence-electron chi connectivity index (χ1n) is 9.75. The third kappa shape index (κ3) is 5.64. The first-order chi connectivity index (χ1) is 14.6. The van der Waals surface area contributed by atoms with E-state index in [1.54, 1.807) is 12.1 Å². The number of benzene rings is 2. The van der Waals surface area contributed by atoms with Gasteiger partial charge in [0.25, 0.3) is 5.91 Å². The van der Waals surface area contributed by atoms with Crippen LogP contribution in [0.5, 0.6) is 0 Å². The van der Waals surface area contributed by atoms with Crippen molar-refractivity contribution in [2.75, 3.05) is 11.6 Å². The lowest BCUT2D eigenvalue weighted by atomic mass is 9.87. The normalized spacial score (nSPS) is 11.2. The zero-order chi connectivity index (χ0) is 22.6. The van der Waals surface area contributed by atoms with Crippen LogP contribution < -0.4 is 16.7 Å². The number of aromatic nitrogens is 3. The van der Waals surface area contributed by atoms with E-state index < -0.39 is 0 Å². The van der Waals surface area contributed by atoms with Gasteiger partial charge >= 0.3 is 0 Å². The van der Waals surface area contributed by atoms with Crippen LogP contribution in [0, 0.1) is 6.92 Å². The molecule has 9 heteroatoms. The van der Waals surface area contributed by atoms with Gasteiger partial charge in [0, 0.05) is 11.1 Å². The lowest BCUT2D eigenvalue weighted by Crippen LogP contribution is -2.42. The van der Waals surface area contributed by atoms with Gasteiger partial charge in [-0.15, -0.1) is 10.2 Å². The van der Waals surface area contributed by atoms with Gasteiger partial charge in [-0.05, 0) is 30.0 Å². The zero-order valence-electron chi connectivity index (χ0n) is 18.0. The Labute approximate surface area is 185 Å². The van der Waals surface area contributed by atoms with Gasteiger partial charge in [0.15, 0.2) is 5.82 Å². The Morgan fingerprint density at radius 3 is 2.26 bits per heavy atom. The van der Waals surface area contributed by atoms with Gasteiger partial charge in [-0.25, -0.2) is 4.68 Å². The summed E-state index contributed by atoms with van der Waals surface area (Å²) in [5, 5.41) is 8.61. The van der Waals surface area contributed by atoms with E-state index in [2.05, 4.69) is 41.8 Å². The Hall–Kier alpha value is -3.33. The van der Waals surface area contributed by atoms with Gasteiger partial charge in [-0.2, -0.15) is 0 Å². The van der Waals surface area contributed by atoms with Crippen molar-refractivity contribution in [2.45, 2.75) is 38.3 Å². The summed E-state index contributed by atoms with van der Waals surface area (Å²) in [6, 6.07) is 15.0. The molecule has 0 aliphatic carbocycles. The van der Waals surface area contributed by atoms with Crippen molar-refractivity contribution in [1.29, 1.82) is 0 Å². The minimum Gasteiger partial charge on any atom is -0.335 e. The van der Waals surface area contributed by atoms with Crippen LogP contribution in [0.2, 0.25) is 0 Å². The van der Waals surface area contributed by atoms with Crippen molar-refractivity contribution in [1.82, 2.24) is 25.7 Å². The summed E-state index contributed by atoms with van der Waals surface area (Å²) in [5.74, 6) is 5.88. The van der Waals surface area contributed by atoms with Crippen molar-refractivity contribution < 1.29 is 9.59 Å². The molecule has 0 unspecified atom stereocenters. The maximum Gasteiger partial charge on any atom is 0.269 e. The van der Waals surface area contributed by atoms with Crippen molar-refractivity contribution in [2.24, 2.45) is 0 Å². The summed E-state index contributed by atoms with van der Waals surface area (Å²) >= 11 is 1.13. The summed E-state index contributed by atoms with van der Waals surface area (Å²) in [5.41, 5.74) is 8.39. The molecule has 0 aliphatic heterocycles. The molecule has 0 atom stereocenters. The number of nitrogen functional groups attached to an aromatic ring is 1. The van der Waals surface area contributed by atoms with Crippen LogP contribution in [-0.4, -0.2) is 32.4 Å². The largest absolute Gasteiger partial charge is 0.335 e. The van der Waals surface area contributed by atoms with E-state index in [-0.39, 0.29) is 23.0 Å². The predicted octanol–water partition coefficient (Wildman–Crippen LogP) is 2.82. The second-order valence-corrected chi connectivity index (χ2v) is 9.10. The molecule has 2 amide bonds. The molecule has 1 aromatic heterocycles. The summed E-state index contributed by atoms with van der Waals surface area (Å²) in [6.07, 6.45) is 0. The second-order valence-electron chi connectivity index (χ2n) is 8.16. The SMILES string of the molecule is Cc1ccc(C(=O)NNC(=O)CSc2nnc(-c3ccc(C(C)(C)C)cc3)n2N)cc1. The number of hydrogen-bond donors (Lipinski definition) is 3. The van der Waals surface area contributed by atoms with Crippen LogP contribution in [0.3, 0.4) is 0 Å². The van der Waals surface area contributed by atoms with E-state index in [0.717, 1.165) is 22.9 Å². The predicted molar refractivity (Wildman–Crippen MR) is 122 cm³/mol. The van der Waals surface area contributed by atoms with E-state index in [4.69, 9.17) is 5.84 Å². The fraction of sp³-hybridized carbons (Fsp3) is 0.273. The van der Waals surface area contributed by atoms with Crippen molar-refractivity contribution in [3.8, 4) is 11.4 Å². The van der Waals surface area contributed by atoms with Gasteiger partial charge in [0.1, 0.15) is 0 Å². The number of carbonyl (C=O) groups excluding carboxylic acids is 2. The van der Waals surface area contributed by atoms with E-state index >= 15 is 0 Å². The van der Waals surface area contributed by atoms with Gasteiger partial charge in [-0.1, -0.05) is 74.5 Å².